The molecule has 326 valence electrons. The molecule has 10 fully saturated rings. The molecule has 10 saturated carbocycles. The Morgan fingerprint density at radius 2 is 0.825 bits per heavy atom. The quantitative estimate of drug-likeness (QED) is 0.261. The smallest absolute Gasteiger partial charge is 0.0271 e. The van der Waals surface area contributed by atoms with E-state index in [1.165, 1.54) is 6.42 Å². The fraction of sp³-hybridized carbons (Fsp3) is 1.00. The summed E-state index contributed by atoms with van der Waals surface area (Å²) in [7, 11) is 0. The van der Waals surface area contributed by atoms with Gasteiger partial charge in [-0.3, -0.25) is 0 Å². The van der Waals surface area contributed by atoms with E-state index >= 15 is 0 Å². The predicted octanol–water partition coefficient (Wildman–Crippen LogP) is 17.7. The van der Waals surface area contributed by atoms with E-state index in [9.17, 15) is 0 Å². The van der Waals surface area contributed by atoms with E-state index in [1.807, 2.05) is 13.8 Å². The Labute approximate surface area is 356 Å². The highest BCUT2D eigenvalue weighted by Crippen LogP contribution is 2.67. The molecule has 10 aliphatic carbocycles. The summed E-state index contributed by atoms with van der Waals surface area (Å²) < 4.78 is 0. The van der Waals surface area contributed by atoms with Crippen molar-refractivity contribution in [1.82, 2.24) is 0 Å². The van der Waals surface area contributed by atoms with Gasteiger partial charge >= 0.3 is 0 Å². The molecule has 0 aromatic rings. The van der Waals surface area contributed by atoms with Crippen LogP contribution >= 0.6 is 0 Å². The summed E-state index contributed by atoms with van der Waals surface area (Å²) in [6.45, 7) is 6.60. The maximum atomic E-state index is 2.60. The predicted molar refractivity (Wildman–Crippen MR) is 245 cm³/mol. The first kappa shape index (κ1) is 42.3. The summed E-state index contributed by atoms with van der Waals surface area (Å²) >= 11 is 0. The van der Waals surface area contributed by atoms with Gasteiger partial charge in [0.05, 0.1) is 0 Å². The van der Waals surface area contributed by atoms with E-state index in [0.717, 1.165) is 106 Å². The van der Waals surface area contributed by atoms with Crippen LogP contribution in [0.25, 0.3) is 0 Å². The van der Waals surface area contributed by atoms with Crippen molar-refractivity contribution in [2.45, 2.75) is 252 Å². The lowest BCUT2D eigenvalue weighted by Gasteiger charge is -2.61. The van der Waals surface area contributed by atoms with Crippen molar-refractivity contribution in [1.29, 1.82) is 0 Å². The second kappa shape index (κ2) is 19.6. The van der Waals surface area contributed by atoms with Crippen LogP contribution in [0, 0.1) is 106 Å². The van der Waals surface area contributed by atoms with E-state index in [-0.39, 0.29) is 0 Å². The molecule has 0 heterocycles. The lowest BCUT2D eigenvalue weighted by molar-refractivity contribution is -0.127. The zero-order chi connectivity index (χ0) is 38.8. The summed E-state index contributed by atoms with van der Waals surface area (Å²) in [6, 6.07) is 0. The van der Waals surface area contributed by atoms with Crippen molar-refractivity contribution >= 4 is 0 Å². The van der Waals surface area contributed by atoms with Gasteiger partial charge in [-0.1, -0.05) is 149 Å². The molecule has 15 atom stereocenters. The molecule has 0 aromatic carbocycles. The SMILES string of the molecule is CC.CCC1(C2CCC3C(C2)C(C2CCC(C4CC5CCCCC(C5)C5CCCCCC54)CC2)C2CCCCC2C3C2CCCCCCC3CCCCC3C2)CC1. The van der Waals surface area contributed by atoms with E-state index in [4.69, 9.17) is 0 Å². The van der Waals surface area contributed by atoms with E-state index in [2.05, 4.69) is 6.92 Å². The van der Waals surface area contributed by atoms with Gasteiger partial charge in [-0.15, -0.1) is 0 Å². The third kappa shape index (κ3) is 8.96. The van der Waals surface area contributed by atoms with Crippen LogP contribution in [-0.2, 0) is 0 Å². The molecule has 0 aromatic heterocycles. The standard InChI is InChI=1S/C55H92.C2H6/c1-2-55(32-33-55)45-30-31-50-52(37-45)53(48-24-14-15-25-49(48)54(50)44-21-7-4-3-6-17-39-18-12-13-19-42(39)36-44)41-28-26-40(27-29-41)51-35-38-16-10-11-20-43(34-38)46-22-8-5-9-23-47(46)51;1-2/h38-54H,2-37H2,1H3;1-2H3. The van der Waals surface area contributed by atoms with Crippen molar-refractivity contribution in [2.24, 2.45) is 106 Å². The maximum Gasteiger partial charge on any atom is -0.0271 e. The largest absolute Gasteiger partial charge is 0.0683 e. The fourth-order valence-corrected chi connectivity index (χ4v) is 19.7. The second-order valence-electron chi connectivity index (χ2n) is 24.3. The molecular formula is C57H98. The van der Waals surface area contributed by atoms with Crippen LogP contribution in [0.1, 0.15) is 252 Å². The third-order valence-electron chi connectivity index (χ3n) is 22.3. The van der Waals surface area contributed by atoms with Crippen molar-refractivity contribution in [2.75, 3.05) is 0 Å². The zero-order valence-electron chi connectivity index (χ0n) is 38.8. The van der Waals surface area contributed by atoms with Gasteiger partial charge < -0.3 is 0 Å². The summed E-state index contributed by atoms with van der Waals surface area (Å²) in [6.07, 6.45) is 57.8. The molecule has 0 saturated heterocycles. The summed E-state index contributed by atoms with van der Waals surface area (Å²) in [5.74, 6) is 18.8. The molecule has 0 spiro atoms. The Morgan fingerprint density at radius 3 is 1.53 bits per heavy atom. The molecule has 15 unspecified atom stereocenters. The topological polar surface area (TPSA) is 0 Å². The first-order valence-corrected chi connectivity index (χ1v) is 28.2. The van der Waals surface area contributed by atoms with Gasteiger partial charge in [0.2, 0.25) is 0 Å². The maximum absolute atomic E-state index is 2.60. The first-order chi connectivity index (χ1) is 28.2. The highest BCUT2D eigenvalue weighted by Gasteiger charge is 2.59. The van der Waals surface area contributed by atoms with Crippen molar-refractivity contribution in [3.63, 3.8) is 0 Å². The Kier molecular flexibility index (Phi) is 14.5. The average molecular weight is 783 g/mol. The van der Waals surface area contributed by atoms with Gasteiger partial charge in [0.25, 0.3) is 0 Å². The summed E-state index contributed by atoms with van der Waals surface area (Å²) in [4.78, 5) is 0. The summed E-state index contributed by atoms with van der Waals surface area (Å²) in [5, 5.41) is 0. The second-order valence-corrected chi connectivity index (χ2v) is 24.3. The zero-order valence-corrected chi connectivity index (χ0v) is 38.8. The van der Waals surface area contributed by atoms with Crippen molar-refractivity contribution < 1.29 is 0 Å². The van der Waals surface area contributed by atoms with Crippen LogP contribution in [0.3, 0.4) is 0 Å². The van der Waals surface area contributed by atoms with Gasteiger partial charge in [-0.2, -0.15) is 0 Å². The Bertz CT molecular complexity index is 1200. The van der Waals surface area contributed by atoms with Crippen LogP contribution in [0.2, 0.25) is 0 Å². The number of rotatable bonds is 5. The molecule has 0 radical (unpaired) electrons. The van der Waals surface area contributed by atoms with Crippen LogP contribution in [0.5, 0.6) is 0 Å². The molecule has 0 aliphatic heterocycles. The molecule has 10 rings (SSSR count). The molecule has 0 N–H and O–H groups in total. The molecule has 2 bridgehead atoms. The lowest BCUT2D eigenvalue weighted by atomic mass is 9.44. The monoisotopic (exact) mass is 783 g/mol. The molecule has 10 aliphatic rings. The minimum absolute atomic E-state index is 0.781. The Hall–Kier alpha value is 0. The molecule has 0 heteroatoms. The van der Waals surface area contributed by atoms with Crippen LogP contribution in [0.15, 0.2) is 0 Å². The number of hydrogen-bond acceptors (Lipinski definition) is 0. The van der Waals surface area contributed by atoms with Gasteiger partial charge in [0.1, 0.15) is 0 Å². The highest BCUT2D eigenvalue weighted by molar-refractivity contribution is 5.08. The van der Waals surface area contributed by atoms with Crippen LogP contribution < -0.4 is 0 Å². The minimum Gasteiger partial charge on any atom is -0.0683 e. The third-order valence-corrected chi connectivity index (χ3v) is 22.3. The molecular weight excluding hydrogens is 685 g/mol. The van der Waals surface area contributed by atoms with Crippen molar-refractivity contribution in [3.05, 3.63) is 0 Å². The van der Waals surface area contributed by atoms with Gasteiger partial charge in [-0.05, 0) is 209 Å². The van der Waals surface area contributed by atoms with Gasteiger partial charge in [0.15, 0.2) is 0 Å². The van der Waals surface area contributed by atoms with E-state index in [0.29, 0.717) is 0 Å². The summed E-state index contributed by atoms with van der Waals surface area (Å²) in [5.41, 5.74) is 0.781. The fourth-order valence-electron chi connectivity index (χ4n) is 19.7. The van der Waals surface area contributed by atoms with E-state index < -0.39 is 0 Å². The number of fused-ring (bicyclic) bond motifs is 7. The Morgan fingerprint density at radius 1 is 0.316 bits per heavy atom. The number of hydrogen-bond donors (Lipinski definition) is 0. The van der Waals surface area contributed by atoms with Crippen LogP contribution in [-0.4, -0.2) is 0 Å². The molecule has 0 amide bonds. The normalized spacial score (nSPS) is 49.0. The highest BCUT2D eigenvalue weighted by atomic mass is 14.6. The first-order valence-electron chi connectivity index (χ1n) is 28.2. The lowest BCUT2D eigenvalue weighted by Crippen LogP contribution is -2.54. The van der Waals surface area contributed by atoms with Gasteiger partial charge in [0, 0.05) is 0 Å². The van der Waals surface area contributed by atoms with E-state index in [1.54, 1.807) is 225 Å². The Balaban J connectivity index is 0.00000208. The molecule has 0 nitrogen and oxygen atoms in total. The average Bonchev–Trinajstić information content (AvgIpc) is 4.12. The molecule has 57 heavy (non-hydrogen) atoms. The minimum atomic E-state index is 0.781. The van der Waals surface area contributed by atoms with Crippen LogP contribution in [0.4, 0.5) is 0 Å². The van der Waals surface area contributed by atoms with Crippen molar-refractivity contribution in [3.8, 4) is 0 Å². The van der Waals surface area contributed by atoms with Gasteiger partial charge in [-0.25, -0.2) is 0 Å².